The van der Waals surface area contributed by atoms with Crippen molar-refractivity contribution >= 4 is 15.9 Å². The number of halogens is 1. The molecule has 94 valence electrons. The van der Waals surface area contributed by atoms with Gasteiger partial charge in [0, 0.05) is 29.3 Å². The maximum atomic E-state index is 5.74. The van der Waals surface area contributed by atoms with Crippen LogP contribution in [0.3, 0.4) is 0 Å². The number of benzene rings is 1. The number of rotatable bonds is 4. The summed E-state index contributed by atoms with van der Waals surface area (Å²) in [5, 5.41) is 0. The third-order valence-electron chi connectivity index (χ3n) is 2.62. The average molecular weight is 306 g/mol. The molecular weight excluding hydrogens is 290 g/mol. The van der Waals surface area contributed by atoms with Gasteiger partial charge in [-0.2, -0.15) is 0 Å². The number of hydrogen-bond donors (Lipinski definition) is 1. The first-order valence-corrected chi connectivity index (χ1v) is 6.73. The van der Waals surface area contributed by atoms with Crippen molar-refractivity contribution in [2.24, 2.45) is 5.73 Å². The normalized spacial score (nSPS) is 12.4. The van der Waals surface area contributed by atoms with Gasteiger partial charge < -0.3 is 5.73 Å². The third kappa shape index (κ3) is 3.62. The van der Waals surface area contributed by atoms with Crippen molar-refractivity contribution in [3.05, 3.63) is 58.1 Å². The molecular formula is C14H16BrN3. The number of nitrogens with zero attached hydrogens (tertiary/aromatic N) is 2. The van der Waals surface area contributed by atoms with E-state index in [9.17, 15) is 0 Å². The Balaban J connectivity index is 2.09. The summed E-state index contributed by atoms with van der Waals surface area (Å²) in [7, 11) is 0. The molecule has 0 aliphatic carbocycles. The van der Waals surface area contributed by atoms with Crippen molar-refractivity contribution in [1.29, 1.82) is 0 Å². The topological polar surface area (TPSA) is 51.8 Å². The average Bonchev–Trinajstić information content (AvgIpc) is 2.34. The first-order chi connectivity index (χ1) is 8.65. The van der Waals surface area contributed by atoms with Gasteiger partial charge in [0.25, 0.3) is 0 Å². The fraction of sp³-hybridized carbons (Fsp3) is 0.286. The monoisotopic (exact) mass is 305 g/mol. The van der Waals surface area contributed by atoms with E-state index in [1.807, 2.05) is 37.5 Å². The van der Waals surface area contributed by atoms with E-state index in [-0.39, 0.29) is 6.04 Å². The lowest BCUT2D eigenvalue weighted by Crippen LogP contribution is -2.18. The molecule has 2 rings (SSSR count). The van der Waals surface area contributed by atoms with Crippen molar-refractivity contribution in [3.8, 4) is 0 Å². The molecule has 1 aromatic heterocycles. The molecule has 1 atom stereocenters. The molecule has 0 fully saturated rings. The number of hydrogen-bond acceptors (Lipinski definition) is 3. The maximum Gasteiger partial charge on any atom is 0.132 e. The third-order valence-corrected chi connectivity index (χ3v) is 3.40. The van der Waals surface area contributed by atoms with E-state index in [1.165, 1.54) is 5.56 Å². The zero-order chi connectivity index (χ0) is 13.0. The number of aromatic nitrogens is 2. The summed E-state index contributed by atoms with van der Waals surface area (Å²) in [5.74, 6) is 0.829. The summed E-state index contributed by atoms with van der Waals surface area (Å²) < 4.78 is 1.09. The highest BCUT2D eigenvalue weighted by atomic mass is 79.9. The Morgan fingerprint density at radius 3 is 2.50 bits per heavy atom. The lowest BCUT2D eigenvalue weighted by molar-refractivity contribution is 0.729. The van der Waals surface area contributed by atoms with E-state index in [4.69, 9.17) is 5.73 Å². The first-order valence-electron chi connectivity index (χ1n) is 5.94. The highest BCUT2D eigenvalue weighted by Crippen LogP contribution is 2.18. The molecule has 1 heterocycles. The summed E-state index contributed by atoms with van der Waals surface area (Å²) in [6, 6.07) is 8.26. The predicted molar refractivity (Wildman–Crippen MR) is 76.3 cm³/mol. The van der Waals surface area contributed by atoms with Crippen LogP contribution >= 0.6 is 15.9 Å². The van der Waals surface area contributed by atoms with Crippen LogP contribution in [0, 0.1) is 0 Å². The minimum atomic E-state index is 0.141. The van der Waals surface area contributed by atoms with Crippen LogP contribution in [0.15, 0.2) is 41.1 Å². The Morgan fingerprint density at radius 2 is 1.89 bits per heavy atom. The molecule has 2 aromatic rings. The van der Waals surface area contributed by atoms with Gasteiger partial charge in [-0.1, -0.05) is 34.1 Å². The largest absolute Gasteiger partial charge is 0.328 e. The van der Waals surface area contributed by atoms with E-state index in [0.717, 1.165) is 28.7 Å². The van der Waals surface area contributed by atoms with Crippen molar-refractivity contribution in [3.63, 3.8) is 0 Å². The molecule has 0 amide bonds. The molecule has 0 saturated heterocycles. The fourth-order valence-electron chi connectivity index (χ4n) is 1.76. The summed E-state index contributed by atoms with van der Waals surface area (Å²) >= 11 is 3.53. The predicted octanol–water partition coefficient (Wildman–Crippen LogP) is 2.72. The van der Waals surface area contributed by atoms with Crippen LogP contribution in [-0.2, 0) is 12.8 Å². The number of nitrogens with two attached hydrogens (primary N) is 1. The Bertz CT molecular complexity index is 509. The van der Waals surface area contributed by atoms with Gasteiger partial charge in [0.05, 0.1) is 0 Å². The Morgan fingerprint density at radius 1 is 1.22 bits per heavy atom. The molecule has 0 radical (unpaired) electrons. The van der Waals surface area contributed by atoms with Gasteiger partial charge in [0.15, 0.2) is 0 Å². The van der Waals surface area contributed by atoms with Crippen molar-refractivity contribution in [2.75, 3.05) is 0 Å². The molecule has 0 saturated carbocycles. The summed E-state index contributed by atoms with van der Waals surface area (Å²) in [4.78, 5) is 8.76. The highest BCUT2D eigenvalue weighted by molar-refractivity contribution is 9.10. The van der Waals surface area contributed by atoms with Gasteiger partial charge in [-0.25, -0.2) is 9.97 Å². The second-order valence-corrected chi connectivity index (χ2v) is 5.31. The van der Waals surface area contributed by atoms with E-state index in [2.05, 4.69) is 32.0 Å². The summed E-state index contributed by atoms with van der Waals surface area (Å²) in [5.41, 5.74) is 8.02. The van der Waals surface area contributed by atoms with Crippen LogP contribution in [0.25, 0.3) is 0 Å². The molecule has 2 N–H and O–H groups in total. The highest BCUT2D eigenvalue weighted by Gasteiger charge is 2.04. The van der Waals surface area contributed by atoms with E-state index in [0.29, 0.717) is 0 Å². The lowest BCUT2D eigenvalue weighted by atomic mass is 10.1. The molecule has 1 aromatic carbocycles. The second kappa shape index (κ2) is 6.07. The van der Waals surface area contributed by atoms with Crippen molar-refractivity contribution < 1.29 is 0 Å². The first kappa shape index (κ1) is 13.2. The molecule has 0 bridgehead atoms. The minimum Gasteiger partial charge on any atom is -0.328 e. The molecule has 1 unspecified atom stereocenters. The molecule has 0 aliphatic heterocycles. The Kier molecular flexibility index (Phi) is 4.44. The van der Waals surface area contributed by atoms with E-state index < -0.39 is 0 Å². The zero-order valence-corrected chi connectivity index (χ0v) is 11.9. The van der Waals surface area contributed by atoms with Crippen LogP contribution in [0.2, 0.25) is 0 Å². The van der Waals surface area contributed by atoms with Crippen molar-refractivity contribution in [2.45, 2.75) is 25.8 Å². The van der Waals surface area contributed by atoms with Crippen molar-refractivity contribution in [1.82, 2.24) is 9.97 Å². The van der Waals surface area contributed by atoms with Gasteiger partial charge >= 0.3 is 0 Å². The second-order valence-electron chi connectivity index (χ2n) is 4.46. The van der Waals surface area contributed by atoms with Gasteiger partial charge in [-0.3, -0.25) is 0 Å². The van der Waals surface area contributed by atoms with E-state index in [1.54, 1.807) is 0 Å². The summed E-state index contributed by atoms with van der Waals surface area (Å²) in [6.45, 7) is 1.98. The quantitative estimate of drug-likeness (QED) is 0.945. The van der Waals surface area contributed by atoms with Crippen LogP contribution in [0.4, 0.5) is 0 Å². The lowest BCUT2D eigenvalue weighted by Gasteiger charge is -2.06. The molecule has 3 nitrogen and oxygen atoms in total. The van der Waals surface area contributed by atoms with Crippen LogP contribution in [-0.4, -0.2) is 16.0 Å². The Hall–Kier alpha value is -1.26. The van der Waals surface area contributed by atoms with Gasteiger partial charge in [-0.05, 0) is 30.5 Å². The zero-order valence-electron chi connectivity index (χ0n) is 10.3. The Labute approximate surface area is 116 Å². The maximum absolute atomic E-state index is 5.74. The molecule has 18 heavy (non-hydrogen) atoms. The fourth-order valence-corrected chi connectivity index (χ4v) is 2.19. The van der Waals surface area contributed by atoms with Crippen LogP contribution in [0.5, 0.6) is 0 Å². The van der Waals surface area contributed by atoms with Gasteiger partial charge in [0.1, 0.15) is 5.82 Å². The smallest absolute Gasteiger partial charge is 0.132 e. The molecule has 0 aliphatic rings. The van der Waals surface area contributed by atoms with Gasteiger partial charge in [0.2, 0.25) is 0 Å². The van der Waals surface area contributed by atoms with E-state index >= 15 is 0 Å². The SMILES string of the molecule is CC(N)Cc1cnc(Cc2ccccc2Br)nc1. The van der Waals surface area contributed by atoms with Gasteiger partial charge in [-0.15, -0.1) is 0 Å². The molecule has 0 spiro atoms. The van der Waals surface area contributed by atoms with Crippen LogP contribution < -0.4 is 5.73 Å². The minimum absolute atomic E-state index is 0.141. The molecule has 4 heteroatoms. The summed E-state index contributed by atoms with van der Waals surface area (Å²) in [6.07, 6.45) is 5.28. The standard InChI is InChI=1S/C14H16BrN3/c1-10(16)6-11-8-17-14(18-9-11)7-12-4-2-3-5-13(12)15/h2-5,8-10H,6-7,16H2,1H3. The van der Waals surface area contributed by atoms with Crippen LogP contribution in [0.1, 0.15) is 23.9 Å².